The number of rotatable bonds is 9. The molecule has 3 aromatic rings. The molecule has 2 fully saturated rings. The number of anilines is 2. The molecule has 9 nitrogen and oxygen atoms in total. The number of halogens is 1. The van der Waals surface area contributed by atoms with Crippen molar-refractivity contribution in [2.75, 3.05) is 49.1 Å². The predicted octanol–water partition coefficient (Wildman–Crippen LogP) is 4.91. The first-order valence-electron chi connectivity index (χ1n) is 14.6. The van der Waals surface area contributed by atoms with Crippen LogP contribution in [0.25, 0.3) is 15.6 Å². The second-order valence-electron chi connectivity index (χ2n) is 11.2. The van der Waals surface area contributed by atoms with Crippen LogP contribution >= 0.6 is 11.6 Å². The summed E-state index contributed by atoms with van der Waals surface area (Å²) in [6.45, 7) is 16.7. The van der Waals surface area contributed by atoms with Gasteiger partial charge in [-0.1, -0.05) is 42.4 Å². The van der Waals surface area contributed by atoms with E-state index < -0.39 is 0 Å². The van der Waals surface area contributed by atoms with Crippen LogP contribution in [0.4, 0.5) is 11.5 Å². The summed E-state index contributed by atoms with van der Waals surface area (Å²) in [6.07, 6.45) is 4.54. The molecule has 0 spiro atoms. The molecule has 1 aromatic heterocycles. The lowest BCUT2D eigenvalue weighted by atomic mass is 10.0. The van der Waals surface area contributed by atoms with Gasteiger partial charge in [-0.15, -0.1) is 0 Å². The Labute approximate surface area is 251 Å². The van der Waals surface area contributed by atoms with Crippen molar-refractivity contribution in [3.05, 3.63) is 76.8 Å². The smallest absolute Gasteiger partial charge is 0.318 e. The van der Waals surface area contributed by atoms with E-state index >= 15 is 0 Å². The molecule has 1 saturated carbocycles. The number of amides is 1. The van der Waals surface area contributed by atoms with Gasteiger partial charge >= 0.3 is 6.01 Å². The van der Waals surface area contributed by atoms with E-state index in [0.29, 0.717) is 44.9 Å². The van der Waals surface area contributed by atoms with E-state index in [0.717, 1.165) is 64.4 Å². The van der Waals surface area contributed by atoms with Crippen molar-refractivity contribution in [2.45, 2.75) is 51.0 Å². The predicted molar refractivity (Wildman–Crippen MR) is 164 cm³/mol. The molecule has 0 bridgehead atoms. The summed E-state index contributed by atoms with van der Waals surface area (Å²) in [5.74, 6) is 0.674. The first kappa shape index (κ1) is 28.3. The molecule has 0 unspecified atom stereocenters. The molecule has 42 heavy (non-hydrogen) atoms. The van der Waals surface area contributed by atoms with Gasteiger partial charge in [0.1, 0.15) is 18.5 Å². The van der Waals surface area contributed by atoms with E-state index in [1.54, 1.807) is 4.90 Å². The van der Waals surface area contributed by atoms with Crippen molar-refractivity contribution in [3.63, 3.8) is 0 Å². The van der Waals surface area contributed by atoms with E-state index in [4.69, 9.17) is 37.6 Å². The lowest BCUT2D eigenvalue weighted by Crippen LogP contribution is -2.56. The summed E-state index contributed by atoms with van der Waals surface area (Å²) in [6, 6.07) is 12.3. The molecule has 3 heterocycles. The lowest BCUT2D eigenvalue weighted by molar-refractivity contribution is -0.128. The van der Waals surface area contributed by atoms with Gasteiger partial charge in [0.25, 0.3) is 0 Å². The van der Waals surface area contributed by atoms with Crippen molar-refractivity contribution < 1.29 is 14.3 Å². The van der Waals surface area contributed by atoms with Crippen LogP contribution in [0.1, 0.15) is 31.0 Å². The highest BCUT2D eigenvalue weighted by Gasteiger charge is 2.35. The standard InChI is InChI=1S/C32H35ClN6O3/c1-4-29(40)39-16-15-38(18-23(39)17-34-3)31-25-13-14-37(28-10-6-8-22-7-5-9-26(33)30(22)28)19-27(25)35-32(36-31)41-20-21(2)42-24-11-12-24/h4-10,21,23-24H,1,11-20H2,2H3/t21-,23-/m0/s1. The lowest BCUT2D eigenvalue weighted by Gasteiger charge is -2.41. The minimum Gasteiger partial charge on any atom is -0.461 e. The third kappa shape index (κ3) is 5.87. The van der Waals surface area contributed by atoms with Crippen molar-refractivity contribution in [1.82, 2.24) is 14.9 Å². The van der Waals surface area contributed by atoms with Crippen LogP contribution in [-0.2, 0) is 22.5 Å². The Balaban J connectivity index is 1.32. The summed E-state index contributed by atoms with van der Waals surface area (Å²) in [7, 11) is 0. The van der Waals surface area contributed by atoms with Crippen LogP contribution in [0.15, 0.2) is 49.1 Å². The van der Waals surface area contributed by atoms with Crippen LogP contribution in [0, 0.1) is 6.57 Å². The Morgan fingerprint density at radius 1 is 1.19 bits per heavy atom. The number of ether oxygens (including phenoxy) is 2. The number of piperazine rings is 1. The summed E-state index contributed by atoms with van der Waals surface area (Å²) in [4.78, 5) is 32.2. The molecule has 6 rings (SSSR count). The summed E-state index contributed by atoms with van der Waals surface area (Å²) < 4.78 is 12.1. The van der Waals surface area contributed by atoms with Crippen molar-refractivity contribution in [2.24, 2.45) is 0 Å². The average Bonchev–Trinajstić information content (AvgIpc) is 3.83. The summed E-state index contributed by atoms with van der Waals surface area (Å²) in [5.41, 5.74) is 3.07. The Morgan fingerprint density at radius 2 is 2.00 bits per heavy atom. The minimum atomic E-state index is -0.249. The molecule has 3 aliphatic rings. The third-order valence-electron chi connectivity index (χ3n) is 8.13. The van der Waals surface area contributed by atoms with Crippen molar-refractivity contribution in [3.8, 4) is 6.01 Å². The molecule has 218 valence electrons. The largest absolute Gasteiger partial charge is 0.461 e. The zero-order valence-corrected chi connectivity index (χ0v) is 24.6. The average molecular weight is 587 g/mol. The monoisotopic (exact) mass is 586 g/mol. The number of benzene rings is 2. The van der Waals surface area contributed by atoms with Gasteiger partial charge in [0.2, 0.25) is 12.5 Å². The molecule has 1 aliphatic carbocycles. The number of hydrogen-bond acceptors (Lipinski definition) is 7. The Bertz CT molecular complexity index is 1530. The second kappa shape index (κ2) is 12.2. The molecule has 10 heteroatoms. The van der Waals surface area contributed by atoms with Crippen LogP contribution in [0.5, 0.6) is 6.01 Å². The minimum absolute atomic E-state index is 0.0635. The quantitative estimate of drug-likeness (QED) is 0.260. The third-order valence-corrected chi connectivity index (χ3v) is 8.45. The maximum absolute atomic E-state index is 12.5. The topological polar surface area (TPSA) is 75.4 Å². The van der Waals surface area contributed by atoms with Gasteiger partial charge in [0, 0.05) is 42.8 Å². The number of fused-ring (bicyclic) bond motifs is 2. The molecule has 2 aromatic carbocycles. The highest BCUT2D eigenvalue weighted by Crippen LogP contribution is 2.37. The van der Waals surface area contributed by atoms with Crippen LogP contribution in [0.3, 0.4) is 0 Å². The zero-order chi connectivity index (χ0) is 29.2. The van der Waals surface area contributed by atoms with Gasteiger partial charge < -0.3 is 29.0 Å². The highest BCUT2D eigenvalue weighted by atomic mass is 35.5. The van der Waals surface area contributed by atoms with Gasteiger partial charge in [-0.25, -0.2) is 6.57 Å². The molecular weight excluding hydrogens is 552 g/mol. The van der Waals surface area contributed by atoms with Gasteiger partial charge in [0.05, 0.1) is 29.5 Å². The van der Waals surface area contributed by atoms with Gasteiger partial charge in [-0.05, 0) is 49.8 Å². The molecule has 0 radical (unpaired) electrons. The normalized spacial score (nSPS) is 19.3. The fourth-order valence-electron chi connectivity index (χ4n) is 5.94. The van der Waals surface area contributed by atoms with Crippen LogP contribution in [0.2, 0.25) is 5.02 Å². The Kier molecular flexibility index (Phi) is 8.18. The molecule has 2 aliphatic heterocycles. The Morgan fingerprint density at radius 3 is 2.76 bits per heavy atom. The first-order chi connectivity index (χ1) is 20.4. The molecule has 1 saturated heterocycles. The van der Waals surface area contributed by atoms with Crippen molar-refractivity contribution >= 4 is 39.8 Å². The fraction of sp³-hybridized carbons (Fsp3) is 0.438. The number of nitrogens with zero attached hydrogens (tertiary/aromatic N) is 6. The molecule has 0 N–H and O–H groups in total. The van der Waals surface area contributed by atoms with Gasteiger partial charge in [-0.2, -0.15) is 9.97 Å². The molecule has 1 amide bonds. The van der Waals surface area contributed by atoms with Crippen molar-refractivity contribution in [1.29, 1.82) is 0 Å². The van der Waals surface area contributed by atoms with E-state index in [1.165, 1.54) is 6.08 Å². The van der Waals surface area contributed by atoms with Crippen LogP contribution < -0.4 is 14.5 Å². The number of hydrogen-bond donors (Lipinski definition) is 0. The Hall–Kier alpha value is -3.87. The molecular formula is C32H35ClN6O3. The van der Waals surface area contributed by atoms with E-state index in [-0.39, 0.29) is 24.6 Å². The SMILES string of the molecule is [C-]#[N+]C[C@H]1CN(c2nc(OC[C@H](C)OC3CC3)nc3c2CCN(c2cccc4cccc(Cl)c24)C3)CCN1C(=O)C=C. The highest BCUT2D eigenvalue weighted by molar-refractivity contribution is 6.36. The van der Waals surface area contributed by atoms with E-state index in [1.807, 2.05) is 19.1 Å². The fourth-order valence-corrected chi connectivity index (χ4v) is 6.22. The maximum Gasteiger partial charge on any atom is 0.318 e. The van der Waals surface area contributed by atoms with E-state index in [9.17, 15) is 4.79 Å². The summed E-state index contributed by atoms with van der Waals surface area (Å²) >= 11 is 6.68. The van der Waals surface area contributed by atoms with Crippen LogP contribution in [-0.4, -0.2) is 78.4 Å². The van der Waals surface area contributed by atoms with Gasteiger partial charge in [0.15, 0.2) is 0 Å². The number of aromatic nitrogens is 2. The number of carbonyl (C=O) groups excluding carboxylic acids is 1. The second-order valence-corrected chi connectivity index (χ2v) is 11.6. The summed E-state index contributed by atoms with van der Waals surface area (Å²) in [5, 5.41) is 2.86. The molecule has 2 atom stereocenters. The zero-order valence-electron chi connectivity index (χ0n) is 23.8. The first-order valence-corrected chi connectivity index (χ1v) is 14.9. The maximum atomic E-state index is 12.5. The van der Waals surface area contributed by atoms with E-state index in [2.05, 4.69) is 45.5 Å². The number of carbonyl (C=O) groups is 1. The van der Waals surface area contributed by atoms with Gasteiger partial charge in [-0.3, -0.25) is 4.79 Å².